The second-order valence-corrected chi connectivity index (χ2v) is 7.40. The maximum Gasteiger partial charge on any atom is 0.250 e. The van der Waals surface area contributed by atoms with Crippen molar-refractivity contribution in [1.82, 2.24) is 4.72 Å². The molecule has 1 unspecified atom stereocenters. The van der Waals surface area contributed by atoms with Crippen LogP contribution in [0.25, 0.3) is 0 Å². The van der Waals surface area contributed by atoms with Gasteiger partial charge >= 0.3 is 0 Å². The molecule has 1 rings (SSSR count). The number of sulfonamides is 1. The summed E-state index contributed by atoms with van der Waals surface area (Å²) in [5.41, 5.74) is 0. The standard InChI is InChI=1S/C8H9BrN2O2S2/c1-6(4-10)5-11-15(12,13)8-3-2-7(9)14-8/h2-3,6,11H,5H2,1H3. The summed E-state index contributed by atoms with van der Waals surface area (Å²) >= 11 is 4.33. The first-order valence-corrected chi connectivity index (χ1v) is 7.19. The Morgan fingerprint density at radius 3 is 2.80 bits per heavy atom. The molecular weight excluding hydrogens is 300 g/mol. The third kappa shape index (κ3) is 3.57. The molecule has 7 heteroatoms. The predicted molar refractivity (Wildman–Crippen MR) is 62.0 cm³/mol. The summed E-state index contributed by atoms with van der Waals surface area (Å²) in [5, 5.41) is 8.52. The molecule has 0 radical (unpaired) electrons. The minimum absolute atomic E-state index is 0.133. The van der Waals surface area contributed by atoms with Gasteiger partial charge in [0.1, 0.15) is 4.21 Å². The van der Waals surface area contributed by atoms with Crippen molar-refractivity contribution in [1.29, 1.82) is 5.26 Å². The van der Waals surface area contributed by atoms with E-state index in [0.29, 0.717) is 0 Å². The summed E-state index contributed by atoms with van der Waals surface area (Å²) < 4.78 is 26.7. The molecule has 1 aromatic rings. The summed E-state index contributed by atoms with van der Waals surface area (Å²) in [6.07, 6.45) is 0. The molecule has 0 bridgehead atoms. The quantitative estimate of drug-likeness (QED) is 0.924. The van der Waals surface area contributed by atoms with E-state index >= 15 is 0 Å². The molecule has 1 N–H and O–H groups in total. The molecule has 1 heterocycles. The van der Waals surface area contributed by atoms with Gasteiger partial charge in [-0.15, -0.1) is 11.3 Å². The van der Waals surface area contributed by atoms with Crippen LogP contribution < -0.4 is 4.72 Å². The highest BCUT2D eigenvalue weighted by atomic mass is 79.9. The summed E-state index contributed by atoms with van der Waals surface area (Å²) in [6.45, 7) is 1.79. The van der Waals surface area contributed by atoms with Crippen molar-refractivity contribution in [2.75, 3.05) is 6.54 Å². The summed E-state index contributed by atoms with van der Waals surface area (Å²) in [4.78, 5) is 0. The molecule has 0 aliphatic rings. The highest BCUT2D eigenvalue weighted by Crippen LogP contribution is 2.25. The highest BCUT2D eigenvalue weighted by Gasteiger charge is 2.16. The first-order chi connectivity index (χ1) is 6.95. The molecule has 4 nitrogen and oxygen atoms in total. The van der Waals surface area contributed by atoms with Crippen LogP contribution in [0.5, 0.6) is 0 Å². The van der Waals surface area contributed by atoms with Gasteiger partial charge in [-0.25, -0.2) is 13.1 Å². The largest absolute Gasteiger partial charge is 0.250 e. The second-order valence-electron chi connectivity index (χ2n) is 2.94. The van der Waals surface area contributed by atoms with E-state index in [1.165, 1.54) is 6.07 Å². The molecule has 15 heavy (non-hydrogen) atoms. The molecule has 1 atom stereocenters. The monoisotopic (exact) mass is 308 g/mol. The Morgan fingerprint density at radius 2 is 2.33 bits per heavy atom. The number of hydrogen-bond acceptors (Lipinski definition) is 4. The SMILES string of the molecule is CC(C#N)CNS(=O)(=O)c1ccc(Br)s1. The minimum Gasteiger partial charge on any atom is -0.209 e. The van der Waals surface area contributed by atoms with Crippen molar-refractivity contribution in [3.63, 3.8) is 0 Å². The number of rotatable bonds is 4. The van der Waals surface area contributed by atoms with Crippen LogP contribution >= 0.6 is 27.3 Å². The molecule has 0 amide bonds. The lowest BCUT2D eigenvalue weighted by atomic mass is 10.2. The fraction of sp³-hybridized carbons (Fsp3) is 0.375. The predicted octanol–water partition coefficient (Wildman–Crippen LogP) is 1.95. The van der Waals surface area contributed by atoms with Gasteiger partial charge in [0.05, 0.1) is 15.8 Å². The van der Waals surface area contributed by atoms with Crippen molar-refractivity contribution in [3.8, 4) is 6.07 Å². The zero-order valence-electron chi connectivity index (χ0n) is 7.90. The molecule has 0 aliphatic carbocycles. The Morgan fingerprint density at radius 1 is 1.67 bits per heavy atom. The zero-order chi connectivity index (χ0) is 11.5. The van der Waals surface area contributed by atoms with Crippen LogP contribution in [0.3, 0.4) is 0 Å². The van der Waals surface area contributed by atoms with Crippen LogP contribution in [0, 0.1) is 17.2 Å². The van der Waals surface area contributed by atoms with E-state index < -0.39 is 10.0 Å². The van der Waals surface area contributed by atoms with Gasteiger partial charge in [0, 0.05) is 6.54 Å². The maximum absolute atomic E-state index is 11.6. The number of hydrogen-bond donors (Lipinski definition) is 1. The number of nitrogens with zero attached hydrogens (tertiary/aromatic N) is 1. The average Bonchev–Trinajstić information content (AvgIpc) is 2.62. The van der Waals surface area contributed by atoms with E-state index in [4.69, 9.17) is 5.26 Å². The summed E-state index contributed by atoms with van der Waals surface area (Å²) in [6, 6.07) is 5.16. The maximum atomic E-state index is 11.6. The Labute approximate surface area is 101 Å². The lowest BCUT2D eigenvalue weighted by Gasteiger charge is -2.04. The van der Waals surface area contributed by atoms with E-state index in [-0.39, 0.29) is 16.7 Å². The lowest BCUT2D eigenvalue weighted by Crippen LogP contribution is -2.27. The molecule has 0 fully saturated rings. The second kappa shape index (κ2) is 5.07. The molecule has 0 spiro atoms. The van der Waals surface area contributed by atoms with Crippen LogP contribution in [0.15, 0.2) is 20.1 Å². The Hall–Kier alpha value is -0.420. The lowest BCUT2D eigenvalue weighted by molar-refractivity contribution is 0.575. The van der Waals surface area contributed by atoms with E-state index in [2.05, 4.69) is 20.7 Å². The van der Waals surface area contributed by atoms with Crippen LogP contribution in [0.1, 0.15) is 6.92 Å². The van der Waals surface area contributed by atoms with Gasteiger partial charge in [0.25, 0.3) is 0 Å². The Balaban J connectivity index is 2.73. The van der Waals surface area contributed by atoms with Crippen LogP contribution in [0.2, 0.25) is 0 Å². The first-order valence-electron chi connectivity index (χ1n) is 4.10. The van der Waals surface area contributed by atoms with Crippen molar-refractivity contribution in [2.24, 2.45) is 5.92 Å². The first kappa shape index (κ1) is 12.6. The number of thiophene rings is 1. The van der Waals surface area contributed by atoms with Gasteiger partial charge in [-0.3, -0.25) is 0 Å². The van der Waals surface area contributed by atoms with Gasteiger partial charge in [-0.05, 0) is 35.0 Å². The normalized spacial score (nSPS) is 13.4. The fourth-order valence-electron chi connectivity index (χ4n) is 0.794. The molecular formula is C8H9BrN2O2S2. The smallest absolute Gasteiger partial charge is 0.209 e. The topological polar surface area (TPSA) is 70.0 Å². The van der Waals surface area contributed by atoms with Gasteiger partial charge in [-0.2, -0.15) is 5.26 Å². The minimum atomic E-state index is -3.46. The van der Waals surface area contributed by atoms with E-state index in [0.717, 1.165) is 15.1 Å². The van der Waals surface area contributed by atoms with Crippen molar-refractivity contribution in [3.05, 3.63) is 15.9 Å². The third-order valence-electron chi connectivity index (χ3n) is 1.61. The number of nitrogens with one attached hydrogen (secondary N) is 1. The molecule has 0 aliphatic heterocycles. The van der Waals surface area contributed by atoms with E-state index in [1.807, 2.05) is 6.07 Å². The Kier molecular flexibility index (Phi) is 4.28. The molecule has 82 valence electrons. The van der Waals surface area contributed by atoms with Gasteiger partial charge < -0.3 is 0 Å². The Bertz CT molecular complexity index is 475. The van der Waals surface area contributed by atoms with Crippen LogP contribution in [-0.2, 0) is 10.0 Å². The third-order valence-corrected chi connectivity index (χ3v) is 5.15. The highest BCUT2D eigenvalue weighted by molar-refractivity contribution is 9.11. The van der Waals surface area contributed by atoms with E-state index in [1.54, 1.807) is 13.0 Å². The van der Waals surface area contributed by atoms with Crippen LogP contribution in [0.4, 0.5) is 0 Å². The van der Waals surface area contributed by atoms with E-state index in [9.17, 15) is 8.42 Å². The van der Waals surface area contributed by atoms with Crippen molar-refractivity contribution >= 4 is 37.3 Å². The fourth-order valence-corrected chi connectivity index (χ4v) is 3.98. The molecule has 0 saturated carbocycles. The van der Waals surface area contributed by atoms with Crippen molar-refractivity contribution < 1.29 is 8.42 Å². The van der Waals surface area contributed by atoms with Gasteiger partial charge in [0.2, 0.25) is 10.0 Å². The molecule has 0 aromatic carbocycles. The summed E-state index contributed by atoms with van der Waals surface area (Å²) in [5.74, 6) is -0.330. The number of nitriles is 1. The van der Waals surface area contributed by atoms with Crippen LogP contribution in [-0.4, -0.2) is 15.0 Å². The van der Waals surface area contributed by atoms with Gasteiger partial charge in [-0.1, -0.05) is 0 Å². The zero-order valence-corrected chi connectivity index (χ0v) is 11.1. The molecule has 1 aromatic heterocycles. The number of halogens is 1. The molecule has 0 saturated heterocycles. The summed E-state index contributed by atoms with van der Waals surface area (Å²) in [7, 11) is -3.46. The average molecular weight is 309 g/mol. The van der Waals surface area contributed by atoms with Gasteiger partial charge in [0.15, 0.2) is 0 Å². The van der Waals surface area contributed by atoms with Crippen molar-refractivity contribution in [2.45, 2.75) is 11.1 Å².